The van der Waals surface area contributed by atoms with Crippen LogP contribution in [0.2, 0.25) is 5.02 Å². The molecule has 0 radical (unpaired) electrons. The van der Waals surface area contributed by atoms with E-state index in [-0.39, 0.29) is 34.7 Å². The fraction of sp³-hybridized carbons (Fsp3) is 0.458. The summed E-state index contributed by atoms with van der Waals surface area (Å²) in [6, 6.07) is 14.3. The van der Waals surface area contributed by atoms with Crippen LogP contribution in [-0.2, 0) is 20.2 Å². The lowest BCUT2D eigenvalue weighted by atomic mass is 9.86. The highest BCUT2D eigenvalue weighted by molar-refractivity contribution is 7.89. The molecule has 1 heterocycles. The highest BCUT2D eigenvalue weighted by atomic mass is 35.5. The van der Waals surface area contributed by atoms with Crippen molar-refractivity contribution in [2.24, 2.45) is 5.92 Å². The number of piperidine rings is 1. The number of hydrogen-bond donors (Lipinski definition) is 1. The molecule has 7 heteroatoms. The lowest BCUT2D eigenvalue weighted by Crippen LogP contribution is -2.45. The molecule has 31 heavy (non-hydrogen) atoms. The van der Waals surface area contributed by atoms with Crippen molar-refractivity contribution in [1.29, 1.82) is 0 Å². The van der Waals surface area contributed by atoms with Crippen molar-refractivity contribution in [2.45, 2.75) is 56.9 Å². The third-order valence-electron chi connectivity index (χ3n) is 5.84. The number of amides is 1. The molecule has 2 aromatic carbocycles. The van der Waals surface area contributed by atoms with E-state index in [9.17, 15) is 13.2 Å². The summed E-state index contributed by atoms with van der Waals surface area (Å²) < 4.78 is 27.4. The number of nitrogens with zero attached hydrogens (tertiary/aromatic N) is 1. The molecule has 3 rings (SSSR count). The molecule has 1 N–H and O–H groups in total. The molecule has 0 spiro atoms. The number of carbonyl (C=O) groups is 1. The van der Waals surface area contributed by atoms with Crippen LogP contribution in [-0.4, -0.2) is 31.7 Å². The summed E-state index contributed by atoms with van der Waals surface area (Å²) in [5.74, 6) is -0.476. The first-order valence-corrected chi connectivity index (χ1v) is 12.5. The van der Waals surface area contributed by atoms with Gasteiger partial charge in [-0.25, -0.2) is 8.42 Å². The Bertz CT molecular complexity index is 1010. The average molecular weight is 463 g/mol. The van der Waals surface area contributed by atoms with E-state index in [1.807, 2.05) is 19.1 Å². The number of hydrogen-bond acceptors (Lipinski definition) is 3. The lowest BCUT2D eigenvalue weighted by Gasteiger charge is -2.32. The van der Waals surface area contributed by atoms with E-state index < -0.39 is 10.0 Å². The monoisotopic (exact) mass is 462 g/mol. The molecule has 0 bridgehead atoms. The van der Waals surface area contributed by atoms with E-state index in [1.54, 1.807) is 12.1 Å². The molecule has 1 saturated heterocycles. The van der Waals surface area contributed by atoms with E-state index in [1.165, 1.54) is 22.0 Å². The van der Waals surface area contributed by atoms with E-state index >= 15 is 0 Å². The summed E-state index contributed by atoms with van der Waals surface area (Å²) in [7, 11) is -3.65. The molecule has 0 aromatic heterocycles. The maximum Gasteiger partial charge on any atom is 0.243 e. The van der Waals surface area contributed by atoms with Gasteiger partial charge in [0.25, 0.3) is 0 Å². The van der Waals surface area contributed by atoms with Crippen LogP contribution in [0.25, 0.3) is 0 Å². The minimum absolute atomic E-state index is 0.0755. The molecule has 1 aliphatic rings. The van der Waals surface area contributed by atoms with Crippen LogP contribution in [0.15, 0.2) is 53.4 Å². The molecule has 1 aliphatic heterocycles. The summed E-state index contributed by atoms with van der Waals surface area (Å²) in [5, 5.41) is 3.55. The Kier molecular flexibility index (Phi) is 7.14. The van der Waals surface area contributed by atoms with Gasteiger partial charge >= 0.3 is 0 Å². The van der Waals surface area contributed by atoms with Crippen molar-refractivity contribution in [3.63, 3.8) is 0 Å². The number of rotatable bonds is 5. The maximum atomic E-state index is 13.0. The molecular weight excluding hydrogens is 432 g/mol. The lowest BCUT2D eigenvalue weighted by molar-refractivity contribution is -0.126. The Labute approximate surface area is 190 Å². The molecule has 168 valence electrons. The quantitative estimate of drug-likeness (QED) is 0.686. The van der Waals surface area contributed by atoms with E-state index in [2.05, 4.69) is 38.2 Å². The molecule has 1 fully saturated rings. The predicted molar refractivity (Wildman–Crippen MR) is 125 cm³/mol. The second-order valence-electron chi connectivity index (χ2n) is 9.26. The van der Waals surface area contributed by atoms with Gasteiger partial charge in [-0.3, -0.25) is 4.79 Å². The first-order chi connectivity index (χ1) is 14.5. The molecule has 1 amide bonds. The van der Waals surface area contributed by atoms with Crippen LogP contribution in [0.4, 0.5) is 0 Å². The van der Waals surface area contributed by atoms with Crippen molar-refractivity contribution in [3.8, 4) is 0 Å². The largest absolute Gasteiger partial charge is 0.349 e. The fourth-order valence-electron chi connectivity index (χ4n) is 3.82. The first kappa shape index (κ1) is 23.8. The minimum Gasteiger partial charge on any atom is -0.349 e. The standard InChI is InChI=1S/C24H31ClN2O3S/c1-17(18-7-9-20(10-8-18)24(2,3)4)26-23(28)19-6-5-15-27(16-19)31(29,30)22-13-11-21(25)12-14-22/h7-14,17,19H,5-6,15-16H2,1-4H3,(H,26,28)/t17-,19-/m1/s1. The van der Waals surface area contributed by atoms with Gasteiger partial charge in [0.1, 0.15) is 0 Å². The smallest absolute Gasteiger partial charge is 0.243 e. The van der Waals surface area contributed by atoms with Gasteiger partial charge in [0.15, 0.2) is 0 Å². The van der Waals surface area contributed by atoms with E-state index in [4.69, 9.17) is 11.6 Å². The zero-order chi connectivity index (χ0) is 22.8. The van der Waals surface area contributed by atoms with Gasteiger partial charge in [0.05, 0.1) is 16.9 Å². The maximum absolute atomic E-state index is 13.0. The molecule has 0 unspecified atom stereocenters. The van der Waals surface area contributed by atoms with Crippen LogP contribution in [0, 0.1) is 5.92 Å². The summed E-state index contributed by atoms with van der Waals surface area (Å²) in [5.41, 5.74) is 2.35. The highest BCUT2D eigenvalue weighted by Gasteiger charge is 2.33. The molecule has 2 atom stereocenters. The third kappa shape index (κ3) is 5.68. The van der Waals surface area contributed by atoms with Crippen LogP contribution in [0.3, 0.4) is 0 Å². The number of nitrogens with one attached hydrogen (secondary N) is 1. The number of carbonyl (C=O) groups excluding carboxylic acids is 1. The number of sulfonamides is 1. The van der Waals surface area contributed by atoms with Crippen molar-refractivity contribution in [3.05, 3.63) is 64.7 Å². The normalized spacial score (nSPS) is 19.1. The number of halogens is 1. The first-order valence-electron chi connectivity index (χ1n) is 10.6. The molecule has 2 aromatic rings. The van der Waals surface area contributed by atoms with Gasteiger partial charge in [-0.2, -0.15) is 4.31 Å². The Morgan fingerprint density at radius 3 is 2.29 bits per heavy atom. The zero-order valence-electron chi connectivity index (χ0n) is 18.6. The Hall–Kier alpha value is -1.89. The molecule has 0 saturated carbocycles. The van der Waals surface area contributed by atoms with Crippen molar-refractivity contribution in [2.75, 3.05) is 13.1 Å². The van der Waals surface area contributed by atoms with Gasteiger partial charge in [-0.1, -0.05) is 56.6 Å². The zero-order valence-corrected chi connectivity index (χ0v) is 20.1. The van der Waals surface area contributed by atoms with Gasteiger partial charge < -0.3 is 5.32 Å². The van der Waals surface area contributed by atoms with Gasteiger partial charge in [-0.05, 0) is 60.6 Å². The van der Waals surface area contributed by atoms with Crippen LogP contribution in [0.1, 0.15) is 57.7 Å². The van der Waals surface area contributed by atoms with Crippen LogP contribution >= 0.6 is 11.6 Å². The molecular formula is C24H31ClN2O3S. The van der Waals surface area contributed by atoms with Crippen molar-refractivity contribution in [1.82, 2.24) is 9.62 Å². The predicted octanol–water partition coefficient (Wildman–Crippen LogP) is 4.92. The van der Waals surface area contributed by atoms with Crippen molar-refractivity contribution >= 4 is 27.5 Å². The van der Waals surface area contributed by atoms with E-state index in [0.717, 1.165) is 5.56 Å². The second kappa shape index (κ2) is 9.31. The summed E-state index contributed by atoms with van der Waals surface area (Å²) >= 11 is 5.88. The fourth-order valence-corrected chi connectivity index (χ4v) is 5.47. The molecule has 5 nitrogen and oxygen atoms in total. The van der Waals surface area contributed by atoms with Gasteiger partial charge in [0, 0.05) is 18.1 Å². The topological polar surface area (TPSA) is 66.5 Å². The Balaban J connectivity index is 1.66. The summed E-state index contributed by atoms with van der Waals surface area (Å²) in [6.07, 6.45) is 1.33. The van der Waals surface area contributed by atoms with Gasteiger partial charge in [-0.15, -0.1) is 0 Å². The van der Waals surface area contributed by atoms with Crippen molar-refractivity contribution < 1.29 is 13.2 Å². The third-order valence-corrected chi connectivity index (χ3v) is 7.97. The van der Waals surface area contributed by atoms with Crippen LogP contribution < -0.4 is 5.32 Å². The highest BCUT2D eigenvalue weighted by Crippen LogP contribution is 2.27. The SMILES string of the molecule is C[C@@H](NC(=O)[C@@H]1CCCN(S(=O)(=O)c2ccc(Cl)cc2)C1)c1ccc(C(C)(C)C)cc1. The van der Waals surface area contributed by atoms with Crippen LogP contribution in [0.5, 0.6) is 0 Å². The molecule has 0 aliphatic carbocycles. The summed E-state index contributed by atoms with van der Waals surface area (Å²) in [6.45, 7) is 9.06. The Morgan fingerprint density at radius 1 is 1.10 bits per heavy atom. The van der Waals surface area contributed by atoms with Gasteiger partial charge in [0.2, 0.25) is 15.9 Å². The minimum atomic E-state index is -3.65. The Morgan fingerprint density at radius 2 is 1.71 bits per heavy atom. The second-order valence-corrected chi connectivity index (χ2v) is 11.6. The number of benzene rings is 2. The average Bonchev–Trinajstić information content (AvgIpc) is 2.73. The van der Waals surface area contributed by atoms with E-state index in [0.29, 0.717) is 24.4 Å². The summed E-state index contributed by atoms with van der Waals surface area (Å²) in [4.78, 5) is 13.1.